The maximum Gasteiger partial charge on any atom is 0.0480 e. The number of rotatable bonds is 6. The number of aryl methyl sites for hydroxylation is 1. The summed E-state index contributed by atoms with van der Waals surface area (Å²) < 4.78 is 2.32. The third kappa shape index (κ3) is 4.06. The standard InChI is InChI=1S/C22H34N4O/c1-3-24-8-10-25(11-9-24)13-19-14-26(15-20(19)17-27)16-21-12-18-6-4-5-7-22(18)23(21)2/h4-7,12,19-20,27H,3,8-11,13-17H2,1-2H3/t19-,20-/m1/s1. The minimum absolute atomic E-state index is 0.311. The predicted molar refractivity (Wildman–Crippen MR) is 111 cm³/mol. The van der Waals surface area contributed by atoms with E-state index in [1.54, 1.807) is 0 Å². The molecule has 2 aromatic rings. The second kappa shape index (κ2) is 8.31. The molecule has 1 aromatic carbocycles. The van der Waals surface area contributed by atoms with Gasteiger partial charge >= 0.3 is 0 Å². The van der Waals surface area contributed by atoms with E-state index < -0.39 is 0 Å². The summed E-state index contributed by atoms with van der Waals surface area (Å²) in [6, 6.07) is 10.9. The first kappa shape index (κ1) is 18.9. The van der Waals surface area contributed by atoms with Gasteiger partial charge in [0.2, 0.25) is 0 Å². The molecule has 0 unspecified atom stereocenters. The van der Waals surface area contributed by atoms with Crippen LogP contribution in [0.4, 0.5) is 0 Å². The van der Waals surface area contributed by atoms with Crippen LogP contribution in [-0.2, 0) is 13.6 Å². The number of nitrogens with zero attached hydrogens (tertiary/aromatic N) is 4. The summed E-state index contributed by atoms with van der Waals surface area (Å²) in [5, 5.41) is 11.3. The van der Waals surface area contributed by atoms with Crippen LogP contribution in [0, 0.1) is 11.8 Å². The molecule has 2 aliphatic rings. The van der Waals surface area contributed by atoms with Gasteiger partial charge in [-0.1, -0.05) is 25.1 Å². The van der Waals surface area contributed by atoms with Gasteiger partial charge in [-0.2, -0.15) is 0 Å². The van der Waals surface area contributed by atoms with Crippen molar-refractivity contribution in [2.75, 3.05) is 59.0 Å². The van der Waals surface area contributed by atoms with Crippen molar-refractivity contribution >= 4 is 10.9 Å². The largest absolute Gasteiger partial charge is 0.396 e. The molecule has 5 nitrogen and oxygen atoms in total. The van der Waals surface area contributed by atoms with Gasteiger partial charge in [0.1, 0.15) is 0 Å². The fraction of sp³-hybridized carbons (Fsp3) is 0.636. The number of likely N-dealkylation sites (tertiary alicyclic amines) is 1. The molecule has 2 saturated heterocycles. The first-order chi connectivity index (χ1) is 13.2. The average molecular weight is 371 g/mol. The maximum absolute atomic E-state index is 9.94. The van der Waals surface area contributed by atoms with Crippen LogP contribution in [0.3, 0.4) is 0 Å². The highest BCUT2D eigenvalue weighted by molar-refractivity contribution is 5.81. The van der Waals surface area contributed by atoms with E-state index in [1.807, 2.05) is 0 Å². The van der Waals surface area contributed by atoms with Gasteiger partial charge in [-0.05, 0) is 35.9 Å². The average Bonchev–Trinajstić information content (AvgIpc) is 3.23. The summed E-state index contributed by atoms with van der Waals surface area (Å²) >= 11 is 0. The van der Waals surface area contributed by atoms with Crippen molar-refractivity contribution in [2.24, 2.45) is 18.9 Å². The Balaban J connectivity index is 1.38. The molecule has 2 fully saturated rings. The van der Waals surface area contributed by atoms with Gasteiger partial charge in [0.15, 0.2) is 0 Å². The Hall–Kier alpha value is -1.40. The zero-order valence-corrected chi connectivity index (χ0v) is 16.8. The van der Waals surface area contributed by atoms with Crippen molar-refractivity contribution in [3.05, 3.63) is 36.0 Å². The highest BCUT2D eigenvalue weighted by atomic mass is 16.3. The van der Waals surface area contributed by atoms with E-state index in [-0.39, 0.29) is 0 Å². The Morgan fingerprint density at radius 1 is 0.963 bits per heavy atom. The number of aromatic nitrogens is 1. The number of benzene rings is 1. The van der Waals surface area contributed by atoms with Crippen molar-refractivity contribution < 1.29 is 5.11 Å². The molecule has 27 heavy (non-hydrogen) atoms. The molecule has 0 saturated carbocycles. The number of aliphatic hydroxyl groups is 1. The van der Waals surface area contributed by atoms with E-state index in [2.05, 4.69) is 63.6 Å². The number of hydrogen-bond donors (Lipinski definition) is 1. The molecule has 2 aliphatic heterocycles. The SMILES string of the molecule is CCN1CCN(C[C@@H]2CN(Cc3cc4ccccc4n3C)C[C@@H]2CO)CC1. The van der Waals surface area contributed by atoms with E-state index >= 15 is 0 Å². The Labute approximate surface area is 163 Å². The lowest BCUT2D eigenvalue weighted by molar-refractivity contribution is 0.106. The van der Waals surface area contributed by atoms with E-state index in [9.17, 15) is 5.11 Å². The molecule has 1 N–H and O–H groups in total. The third-order valence-electron chi connectivity index (χ3n) is 6.73. The Morgan fingerprint density at radius 2 is 1.67 bits per heavy atom. The normalized spacial score (nSPS) is 25.6. The maximum atomic E-state index is 9.94. The number of likely N-dealkylation sites (N-methyl/N-ethyl adjacent to an activating group) is 1. The van der Waals surface area contributed by atoms with Crippen LogP contribution < -0.4 is 0 Å². The Kier molecular flexibility index (Phi) is 5.83. The lowest BCUT2D eigenvalue weighted by Gasteiger charge is -2.36. The number of para-hydroxylation sites is 1. The summed E-state index contributed by atoms with van der Waals surface area (Å²) in [5.74, 6) is 0.988. The van der Waals surface area contributed by atoms with Gasteiger partial charge in [-0.3, -0.25) is 4.90 Å². The number of aliphatic hydroxyl groups excluding tert-OH is 1. The van der Waals surface area contributed by atoms with Gasteiger partial charge in [-0.15, -0.1) is 0 Å². The molecule has 0 aliphatic carbocycles. The first-order valence-electron chi connectivity index (χ1n) is 10.5. The van der Waals surface area contributed by atoms with Crippen LogP contribution in [0.2, 0.25) is 0 Å². The molecule has 0 bridgehead atoms. The Morgan fingerprint density at radius 3 is 2.37 bits per heavy atom. The van der Waals surface area contributed by atoms with E-state index in [0.717, 1.165) is 32.7 Å². The topological polar surface area (TPSA) is 34.9 Å². The van der Waals surface area contributed by atoms with Crippen molar-refractivity contribution in [1.29, 1.82) is 0 Å². The van der Waals surface area contributed by atoms with Crippen LogP contribution in [0.25, 0.3) is 10.9 Å². The third-order valence-corrected chi connectivity index (χ3v) is 6.73. The second-order valence-electron chi connectivity index (χ2n) is 8.39. The molecule has 3 heterocycles. The van der Waals surface area contributed by atoms with Crippen molar-refractivity contribution in [3.8, 4) is 0 Å². The summed E-state index contributed by atoms with van der Waals surface area (Å²) in [4.78, 5) is 7.68. The molecular formula is C22H34N4O. The molecular weight excluding hydrogens is 336 g/mol. The summed E-state index contributed by atoms with van der Waals surface area (Å²) in [6.45, 7) is 12.7. The molecule has 148 valence electrons. The molecule has 5 heteroatoms. The minimum Gasteiger partial charge on any atom is -0.396 e. The van der Waals surface area contributed by atoms with Crippen molar-refractivity contribution in [3.63, 3.8) is 0 Å². The zero-order chi connectivity index (χ0) is 18.8. The van der Waals surface area contributed by atoms with Crippen LogP contribution in [0.15, 0.2) is 30.3 Å². The molecule has 2 atom stereocenters. The predicted octanol–water partition coefficient (Wildman–Crippen LogP) is 1.86. The number of piperazine rings is 1. The summed E-state index contributed by atoms with van der Waals surface area (Å²) in [6.07, 6.45) is 0. The van der Waals surface area contributed by atoms with Gasteiger partial charge in [0.05, 0.1) is 0 Å². The zero-order valence-electron chi connectivity index (χ0n) is 16.8. The molecule has 1 aromatic heterocycles. The smallest absolute Gasteiger partial charge is 0.0480 e. The Bertz CT molecular complexity index is 750. The van der Waals surface area contributed by atoms with Crippen LogP contribution in [0.1, 0.15) is 12.6 Å². The van der Waals surface area contributed by atoms with Gasteiger partial charge < -0.3 is 19.5 Å². The molecule has 4 rings (SSSR count). The monoisotopic (exact) mass is 370 g/mol. The second-order valence-corrected chi connectivity index (χ2v) is 8.39. The summed E-state index contributed by atoms with van der Waals surface area (Å²) in [7, 11) is 2.17. The lowest BCUT2D eigenvalue weighted by atomic mass is 9.96. The number of fused-ring (bicyclic) bond motifs is 1. The van der Waals surface area contributed by atoms with Crippen LogP contribution >= 0.6 is 0 Å². The molecule has 0 radical (unpaired) electrons. The van der Waals surface area contributed by atoms with Crippen molar-refractivity contribution in [2.45, 2.75) is 13.5 Å². The lowest BCUT2D eigenvalue weighted by Crippen LogP contribution is -2.48. The van der Waals surface area contributed by atoms with E-state index in [0.29, 0.717) is 18.4 Å². The fourth-order valence-electron chi connectivity index (χ4n) is 4.93. The van der Waals surface area contributed by atoms with Gasteiger partial charge in [0, 0.05) is 77.2 Å². The molecule has 0 spiro atoms. The van der Waals surface area contributed by atoms with Gasteiger partial charge in [0.25, 0.3) is 0 Å². The van der Waals surface area contributed by atoms with E-state index in [1.165, 1.54) is 42.8 Å². The minimum atomic E-state index is 0.311. The van der Waals surface area contributed by atoms with Crippen LogP contribution in [-0.4, -0.2) is 83.3 Å². The van der Waals surface area contributed by atoms with Crippen LogP contribution in [0.5, 0.6) is 0 Å². The molecule has 0 amide bonds. The van der Waals surface area contributed by atoms with E-state index in [4.69, 9.17) is 0 Å². The van der Waals surface area contributed by atoms with Crippen molar-refractivity contribution in [1.82, 2.24) is 19.3 Å². The fourth-order valence-corrected chi connectivity index (χ4v) is 4.93. The highest BCUT2D eigenvalue weighted by Gasteiger charge is 2.34. The first-order valence-corrected chi connectivity index (χ1v) is 10.5. The summed E-state index contributed by atoms with van der Waals surface area (Å²) in [5.41, 5.74) is 2.67. The quantitative estimate of drug-likeness (QED) is 0.842. The van der Waals surface area contributed by atoms with Gasteiger partial charge in [-0.25, -0.2) is 0 Å². The highest BCUT2D eigenvalue weighted by Crippen LogP contribution is 2.27. The number of hydrogen-bond acceptors (Lipinski definition) is 4.